The van der Waals surface area contributed by atoms with E-state index in [1.165, 1.54) is 6.20 Å². The van der Waals surface area contributed by atoms with Crippen molar-refractivity contribution in [3.63, 3.8) is 0 Å². The predicted octanol–water partition coefficient (Wildman–Crippen LogP) is 2.08. The first-order chi connectivity index (χ1) is 11.7. The summed E-state index contributed by atoms with van der Waals surface area (Å²) in [5.74, 6) is 0.667. The van der Waals surface area contributed by atoms with Crippen LogP contribution in [0.3, 0.4) is 0 Å². The van der Waals surface area contributed by atoms with E-state index in [0.29, 0.717) is 44.6 Å². The van der Waals surface area contributed by atoms with Crippen LogP contribution in [0.15, 0.2) is 30.5 Å². The molecule has 1 aliphatic heterocycles. The van der Waals surface area contributed by atoms with Gasteiger partial charge >= 0.3 is 5.97 Å². The van der Waals surface area contributed by atoms with Gasteiger partial charge in [-0.15, -0.1) is 0 Å². The van der Waals surface area contributed by atoms with Crippen molar-refractivity contribution < 1.29 is 19.4 Å². The molecule has 0 saturated carbocycles. The maximum absolute atomic E-state index is 11.5. The average Bonchev–Trinajstić information content (AvgIpc) is 2.63. The van der Waals surface area contributed by atoms with E-state index < -0.39 is 5.97 Å². The van der Waals surface area contributed by atoms with Gasteiger partial charge in [0.05, 0.1) is 19.8 Å². The first-order valence-corrected chi connectivity index (χ1v) is 7.85. The minimum Gasteiger partial charge on any atom is -0.494 e. The number of carboxylic acid groups (broad SMARTS) is 1. The molecule has 0 aliphatic carbocycles. The molecule has 0 unspecified atom stereocenters. The van der Waals surface area contributed by atoms with Gasteiger partial charge in [-0.1, -0.05) is 0 Å². The third-order valence-electron chi connectivity index (χ3n) is 3.73. The number of aromatic carboxylic acids is 1. The summed E-state index contributed by atoms with van der Waals surface area (Å²) in [6.45, 7) is 4.86. The standard InChI is InChI=1S/C17H19N3O4/c1-2-24-13-5-3-12(4-6-13)15-18-11-14(17(21)22)16(19-15)20-7-9-23-10-8-20/h3-6,11H,2,7-10H2,1H3,(H,21,22). The molecular formula is C17H19N3O4. The summed E-state index contributed by atoms with van der Waals surface area (Å²) in [5.41, 5.74) is 0.913. The van der Waals surface area contributed by atoms with E-state index in [2.05, 4.69) is 9.97 Å². The van der Waals surface area contributed by atoms with Crippen molar-refractivity contribution in [3.8, 4) is 17.1 Å². The minimum absolute atomic E-state index is 0.103. The Morgan fingerprint density at radius 1 is 1.29 bits per heavy atom. The van der Waals surface area contributed by atoms with E-state index in [1.807, 2.05) is 36.1 Å². The number of nitrogens with zero attached hydrogens (tertiary/aromatic N) is 3. The van der Waals surface area contributed by atoms with Crippen molar-refractivity contribution in [1.82, 2.24) is 9.97 Å². The monoisotopic (exact) mass is 329 g/mol. The number of rotatable bonds is 5. The number of aromatic nitrogens is 2. The zero-order valence-electron chi connectivity index (χ0n) is 13.4. The molecule has 126 valence electrons. The van der Waals surface area contributed by atoms with Gasteiger partial charge in [-0.25, -0.2) is 14.8 Å². The number of hydrogen-bond donors (Lipinski definition) is 1. The number of morpholine rings is 1. The molecule has 1 aliphatic rings. The highest BCUT2D eigenvalue weighted by atomic mass is 16.5. The Hall–Kier alpha value is -2.67. The molecule has 0 spiro atoms. The summed E-state index contributed by atoms with van der Waals surface area (Å²) in [6, 6.07) is 7.43. The number of carboxylic acids is 1. The van der Waals surface area contributed by atoms with E-state index in [0.717, 1.165) is 11.3 Å². The van der Waals surface area contributed by atoms with Crippen LogP contribution in [-0.2, 0) is 4.74 Å². The van der Waals surface area contributed by atoms with Crippen LogP contribution in [0.25, 0.3) is 11.4 Å². The van der Waals surface area contributed by atoms with Crippen molar-refractivity contribution in [2.24, 2.45) is 0 Å². The molecule has 7 nitrogen and oxygen atoms in total. The van der Waals surface area contributed by atoms with Crippen molar-refractivity contribution >= 4 is 11.8 Å². The van der Waals surface area contributed by atoms with Crippen LogP contribution in [0.4, 0.5) is 5.82 Å². The lowest BCUT2D eigenvalue weighted by atomic mass is 10.2. The van der Waals surface area contributed by atoms with Crippen molar-refractivity contribution in [2.45, 2.75) is 6.92 Å². The van der Waals surface area contributed by atoms with Gasteiger partial charge in [0.25, 0.3) is 0 Å². The van der Waals surface area contributed by atoms with Crippen LogP contribution < -0.4 is 9.64 Å². The molecule has 0 radical (unpaired) electrons. The molecule has 3 rings (SSSR count). The lowest BCUT2D eigenvalue weighted by Crippen LogP contribution is -2.37. The summed E-state index contributed by atoms with van der Waals surface area (Å²) in [4.78, 5) is 22.1. The fourth-order valence-electron chi connectivity index (χ4n) is 2.55. The van der Waals surface area contributed by atoms with E-state index in [4.69, 9.17) is 9.47 Å². The number of anilines is 1. The summed E-state index contributed by atoms with van der Waals surface area (Å²) >= 11 is 0. The second-order valence-electron chi connectivity index (χ2n) is 5.29. The number of hydrogen-bond acceptors (Lipinski definition) is 6. The lowest BCUT2D eigenvalue weighted by molar-refractivity contribution is 0.0695. The summed E-state index contributed by atoms with van der Waals surface area (Å²) < 4.78 is 10.8. The van der Waals surface area contributed by atoms with Crippen molar-refractivity contribution in [2.75, 3.05) is 37.8 Å². The smallest absolute Gasteiger partial charge is 0.341 e. The number of benzene rings is 1. The van der Waals surface area contributed by atoms with Gasteiger partial charge in [-0.05, 0) is 31.2 Å². The summed E-state index contributed by atoms with van der Waals surface area (Å²) in [7, 11) is 0. The maximum Gasteiger partial charge on any atom is 0.341 e. The van der Waals surface area contributed by atoms with Gasteiger partial charge in [0.1, 0.15) is 17.1 Å². The Morgan fingerprint density at radius 3 is 2.62 bits per heavy atom. The fraction of sp³-hybridized carbons (Fsp3) is 0.353. The van der Waals surface area contributed by atoms with Gasteiger partial charge < -0.3 is 19.5 Å². The minimum atomic E-state index is -1.03. The Morgan fingerprint density at radius 2 is 2.00 bits per heavy atom. The highest BCUT2D eigenvalue weighted by Gasteiger charge is 2.21. The van der Waals surface area contributed by atoms with Gasteiger partial charge in [-0.2, -0.15) is 0 Å². The molecule has 24 heavy (non-hydrogen) atoms. The van der Waals surface area contributed by atoms with Crippen molar-refractivity contribution in [1.29, 1.82) is 0 Å². The lowest BCUT2D eigenvalue weighted by Gasteiger charge is -2.28. The molecule has 0 bridgehead atoms. The fourth-order valence-corrected chi connectivity index (χ4v) is 2.55. The normalized spacial score (nSPS) is 14.5. The first kappa shape index (κ1) is 16.2. The molecule has 0 atom stereocenters. The molecule has 2 heterocycles. The second kappa shape index (κ2) is 7.27. The molecular weight excluding hydrogens is 310 g/mol. The first-order valence-electron chi connectivity index (χ1n) is 7.85. The number of carbonyl (C=O) groups is 1. The SMILES string of the molecule is CCOc1ccc(-c2ncc(C(=O)O)c(N3CCOCC3)n2)cc1. The largest absolute Gasteiger partial charge is 0.494 e. The zero-order valence-corrected chi connectivity index (χ0v) is 13.4. The molecule has 0 amide bonds. The highest BCUT2D eigenvalue weighted by Crippen LogP contribution is 2.24. The second-order valence-corrected chi connectivity index (χ2v) is 5.29. The zero-order chi connectivity index (χ0) is 16.9. The van der Waals surface area contributed by atoms with Gasteiger partial charge in [0.2, 0.25) is 0 Å². The number of ether oxygens (including phenoxy) is 2. The highest BCUT2D eigenvalue weighted by molar-refractivity contribution is 5.93. The molecule has 1 N–H and O–H groups in total. The van der Waals surface area contributed by atoms with E-state index in [9.17, 15) is 9.90 Å². The van der Waals surface area contributed by atoms with Crippen LogP contribution in [0, 0.1) is 0 Å². The molecule has 2 aromatic rings. The third kappa shape index (κ3) is 3.46. The quantitative estimate of drug-likeness (QED) is 0.899. The Labute approximate surface area is 139 Å². The van der Waals surface area contributed by atoms with Gasteiger partial charge in [0, 0.05) is 24.8 Å². The summed E-state index contributed by atoms with van der Waals surface area (Å²) in [6.07, 6.45) is 1.37. The van der Waals surface area contributed by atoms with Crippen molar-refractivity contribution in [3.05, 3.63) is 36.0 Å². The van der Waals surface area contributed by atoms with Gasteiger partial charge in [0.15, 0.2) is 5.82 Å². The summed E-state index contributed by atoms with van der Waals surface area (Å²) in [5, 5.41) is 9.40. The Bertz CT molecular complexity index is 712. The van der Waals surface area contributed by atoms with Crippen LogP contribution in [0.1, 0.15) is 17.3 Å². The molecule has 1 saturated heterocycles. The Kier molecular flexibility index (Phi) is 4.90. The van der Waals surface area contributed by atoms with E-state index in [1.54, 1.807) is 0 Å². The van der Waals surface area contributed by atoms with E-state index in [-0.39, 0.29) is 5.56 Å². The van der Waals surface area contributed by atoms with Crippen LogP contribution in [0.2, 0.25) is 0 Å². The maximum atomic E-state index is 11.5. The third-order valence-corrected chi connectivity index (χ3v) is 3.73. The molecule has 7 heteroatoms. The topological polar surface area (TPSA) is 84.8 Å². The van der Waals surface area contributed by atoms with Gasteiger partial charge in [-0.3, -0.25) is 0 Å². The van der Waals surface area contributed by atoms with Crippen LogP contribution in [-0.4, -0.2) is 54.0 Å². The molecule has 1 aromatic heterocycles. The van der Waals surface area contributed by atoms with Crippen LogP contribution in [0.5, 0.6) is 5.75 Å². The predicted molar refractivity (Wildman–Crippen MR) is 88.6 cm³/mol. The average molecular weight is 329 g/mol. The van der Waals surface area contributed by atoms with E-state index >= 15 is 0 Å². The Balaban J connectivity index is 1.95. The van der Waals surface area contributed by atoms with Crippen LogP contribution >= 0.6 is 0 Å². The molecule has 1 fully saturated rings. The molecule has 1 aromatic carbocycles.